The first-order valence-electron chi connectivity index (χ1n) is 9.62. The number of methoxy groups -OCH3 is 1. The Hall–Kier alpha value is -2.70. The molecule has 0 bridgehead atoms. The minimum absolute atomic E-state index is 0.00528. The smallest absolute Gasteiger partial charge is 0.465 e. The Kier molecular flexibility index (Phi) is 4.92. The van der Waals surface area contributed by atoms with Crippen LogP contribution in [0.5, 0.6) is 5.75 Å². The van der Waals surface area contributed by atoms with Crippen molar-refractivity contribution in [3.05, 3.63) is 53.1 Å². The molecule has 2 saturated carbocycles. The van der Waals surface area contributed by atoms with E-state index < -0.39 is 18.1 Å². The molecule has 0 amide bonds. The Bertz CT molecular complexity index is 903. The molecule has 2 fully saturated rings. The van der Waals surface area contributed by atoms with Crippen molar-refractivity contribution in [3.63, 3.8) is 0 Å². The molecule has 0 spiro atoms. The van der Waals surface area contributed by atoms with Gasteiger partial charge in [0.2, 0.25) is 0 Å². The highest BCUT2D eigenvalue weighted by Crippen LogP contribution is 2.47. The summed E-state index contributed by atoms with van der Waals surface area (Å²) in [6, 6.07) is 10.3. The van der Waals surface area contributed by atoms with Crippen LogP contribution in [0.3, 0.4) is 0 Å². The van der Waals surface area contributed by atoms with E-state index in [9.17, 15) is 18.0 Å². The van der Waals surface area contributed by atoms with E-state index in [1.165, 1.54) is 30.4 Å². The lowest BCUT2D eigenvalue weighted by molar-refractivity contribution is -0.274. The summed E-state index contributed by atoms with van der Waals surface area (Å²) in [6.07, 6.45) is -0.290. The highest BCUT2D eigenvalue weighted by atomic mass is 19.4. The van der Waals surface area contributed by atoms with Crippen LogP contribution in [0.2, 0.25) is 0 Å². The van der Waals surface area contributed by atoms with Crippen LogP contribution < -0.4 is 9.64 Å². The maximum Gasteiger partial charge on any atom is 0.573 e. The molecule has 0 aromatic heterocycles. The van der Waals surface area contributed by atoms with Crippen LogP contribution in [0.4, 0.5) is 24.5 Å². The zero-order chi connectivity index (χ0) is 20.8. The molecule has 7 heteroatoms. The van der Waals surface area contributed by atoms with Gasteiger partial charge in [-0.15, -0.1) is 13.2 Å². The van der Waals surface area contributed by atoms with Gasteiger partial charge >= 0.3 is 12.3 Å². The molecule has 2 aliphatic carbocycles. The van der Waals surface area contributed by atoms with E-state index in [2.05, 4.69) is 15.5 Å². The van der Waals surface area contributed by atoms with Crippen molar-refractivity contribution < 1.29 is 27.4 Å². The summed E-state index contributed by atoms with van der Waals surface area (Å²) >= 11 is 0. The molecular formula is C22H22F3NO3. The molecule has 2 aromatic rings. The van der Waals surface area contributed by atoms with Gasteiger partial charge in [-0.25, -0.2) is 4.79 Å². The Morgan fingerprint density at radius 3 is 2.07 bits per heavy atom. The molecule has 4 nitrogen and oxygen atoms in total. The van der Waals surface area contributed by atoms with Crippen LogP contribution >= 0.6 is 0 Å². The summed E-state index contributed by atoms with van der Waals surface area (Å²) in [6.45, 7) is 0. The number of ether oxygens (including phenoxy) is 2. The zero-order valence-electron chi connectivity index (χ0n) is 16.3. The minimum Gasteiger partial charge on any atom is -0.465 e. The molecule has 0 saturated heterocycles. The normalized spacial score (nSPS) is 16.4. The molecule has 0 radical (unpaired) electrons. The average molecular weight is 405 g/mol. The molecule has 0 unspecified atom stereocenters. The van der Waals surface area contributed by atoms with Gasteiger partial charge in [0.05, 0.1) is 18.4 Å². The van der Waals surface area contributed by atoms with Gasteiger partial charge in [-0.2, -0.15) is 0 Å². The standard InChI is InChI=1S/C22H22F3NO3/c1-26(18-10-16(13-3-4-13)9-17(11-18)14-5-6-14)19-8-7-15(21(27)28-2)12-20(19)29-22(23,24)25/h7-14H,3-6H2,1-2H3. The Morgan fingerprint density at radius 2 is 1.59 bits per heavy atom. The summed E-state index contributed by atoms with van der Waals surface area (Å²) in [5, 5.41) is 0. The molecule has 154 valence electrons. The van der Waals surface area contributed by atoms with Gasteiger partial charge in [0.15, 0.2) is 5.75 Å². The van der Waals surface area contributed by atoms with E-state index in [0.29, 0.717) is 11.8 Å². The molecule has 29 heavy (non-hydrogen) atoms. The topological polar surface area (TPSA) is 38.8 Å². The van der Waals surface area contributed by atoms with E-state index in [-0.39, 0.29) is 11.3 Å². The van der Waals surface area contributed by atoms with E-state index >= 15 is 0 Å². The summed E-state index contributed by atoms with van der Waals surface area (Å²) in [4.78, 5) is 13.4. The lowest BCUT2D eigenvalue weighted by atomic mass is 10.0. The number of benzene rings is 2. The number of halogens is 3. The molecule has 4 rings (SSSR count). The number of rotatable bonds is 6. The van der Waals surface area contributed by atoms with Gasteiger partial charge in [-0.1, -0.05) is 6.07 Å². The Morgan fingerprint density at radius 1 is 1.00 bits per heavy atom. The largest absolute Gasteiger partial charge is 0.573 e. The molecule has 2 aromatic carbocycles. The van der Waals surface area contributed by atoms with Crippen molar-refractivity contribution >= 4 is 17.3 Å². The first-order chi connectivity index (χ1) is 13.7. The second-order valence-corrected chi connectivity index (χ2v) is 7.69. The van der Waals surface area contributed by atoms with Crippen LogP contribution in [0.1, 0.15) is 59.0 Å². The fourth-order valence-electron chi connectivity index (χ4n) is 3.54. The molecule has 0 atom stereocenters. The van der Waals surface area contributed by atoms with Crippen molar-refractivity contribution in [3.8, 4) is 5.75 Å². The second kappa shape index (κ2) is 7.28. The molecule has 0 aliphatic heterocycles. The van der Waals surface area contributed by atoms with Gasteiger partial charge in [0.1, 0.15) is 0 Å². The van der Waals surface area contributed by atoms with Crippen molar-refractivity contribution in [2.24, 2.45) is 0 Å². The number of hydrogen-bond acceptors (Lipinski definition) is 4. The number of carbonyl (C=O) groups excluding carboxylic acids is 1. The van der Waals surface area contributed by atoms with Crippen molar-refractivity contribution in [1.82, 2.24) is 0 Å². The first-order valence-corrected chi connectivity index (χ1v) is 9.62. The summed E-state index contributed by atoms with van der Waals surface area (Å²) < 4.78 is 47.9. The number of nitrogens with zero attached hydrogens (tertiary/aromatic N) is 1. The predicted molar refractivity (Wildman–Crippen MR) is 103 cm³/mol. The minimum atomic E-state index is -4.88. The monoisotopic (exact) mass is 405 g/mol. The molecule has 2 aliphatic rings. The summed E-state index contributed by atoms with van der Waals surface area (Å²) in [5.41, 5.74) is 3.51. The van der Waals surface area contributed by atoms with Crippen molar-refractivity contribution in [2.75, 3.05) is 19.1 Å². The second-order valence-electron chi connectivity index (χ2n) is 7.69. The van der Waals surface area contributed by atoms with E-state index in [1.807, 2.05) is 12.1 Å². The Balaban J connectivity index is 1.74. The highest BCUT2D eigenvalue weighted by Gasteiger charge is 2.34. The zero-order valence-corrected chi connectivity index (χ0v) is 16.3. The lowest BCUT2D eigenvalue weighted by Gasteiger charge is -2.25. The van der Waals surface area contributed by atoms with E-state index in [4.69, 9.17) is 0 Å². The number of hydrogen-bond donors (Lipinski definition) is 0. The third-order valence-corrected chi connectivity index (χ3v) is 5.42. The molecule has 0 heterocycles. The van der Waals surface area contributed by atoms with Gasteiger partial charge < -0.3 is 14.4 Å². The molecular weight excluding hydrogens is 383 g/mol. The van der Waals surface area contributed by atoms with Crippen molar-refractivity contribution in [1.29, 1.82) is 0 Å². The summed E-state index contributed by atoms with van der Waals surface area (Å²) in [5.74, 6) is -0.0902. The van der Waals surface area contributed by atoms with Crippen LogP contribution in [0.15, 0.2) is 36.4 Å². The fourth-order valence-corrected chi connectivity index (χ4v) is 3.54. The van der Waals surface area contributed by atoms with Crippen LogP contribution in [0.25, 0.3) is 0 Å². The van der Waals surface area contributed by atoms with Crippen LogP contribution in [-0.2, 0) is 4.74 Å². The average Bonchev–Trinajstić information content (AvgIpc) is 3.57. The fraction of sp³-hybridized carbons (Fsp3) is 0.409. The lowest BCUT2D eigenvalue weighted by Crippen LogP contribution is -2.20. The maximum absolute atomic E-state index is 13.0. The SMILES string of the molecule is COC(=O)c1ccc(N(C)c2cc(C3CC3)cc(C3CC3)c2)c(OC(F)(F)F)c1. The third kappa shape index (κ3) is 4.49. The summed E-state index contributed by atoms with van der Waals surface area (Å²) in [7, 11) is 2.88. The molecule has 0 N–H and O–H groups in total. The number of esters is 1. The quantitative estimate of drug-likeness (QED) is 0.562. The van der Waals surface area contributed by atoms with Gasteiger partial charge in [-0.3, -0.25) is 0 Å². The van der Waals surface area contributed by atoms with Gasteiger partial charge in [-0.05, 0) is 79.0 Å². The van der Waals surface area contributed by atoms with Crippen molar-refractivity contribution in [2.45, 2.75) is 43.9 Å². The Labute approximate surface area is 167 Å². The first kappa shape index (κ1) is 19.6. The maximum atomic E-state index is 13.0. The highest BCUT2D eigenvalue weighted by molar-refractivity contribution is 5.91. The number of anilines is 2. The van der Waals surface area contributed by atoms with Crippen LogP contribution in [0, 0.1) is 0 Å². The number of carbonyl (C=O) groups is 1. The van der Waals surface area contributed by atoms with E-state index in [0.717, 1.165) is 37.4 Å². The van der Waals surface area contributed by atoms with Gasteiger partial charge in [0.25, 0.3) is 0 Å². The predicted octanol–water partition coefficient (Wildman–Crippen LogP) is 5.89. The third-order valence-electron chi connectivity index (χ3n) is 5.42. The van der Waals surface area contributed by atoms with E-state index in [1.54, 1.807) is 11.9 Å². The number of alkyl halides is 3. The van der Waals surface area contributed by atoms with Gasteiger partial charge in [0, 0.05) is 12.7 Å². The van der Waals surface area contributed by atoms with Crippen LogP contribution in [-0.4, -0.2) is 26.5 Å².